The molecule has 0 saturated carbocycles. The summed E-state index contributed by atoms with van der Waals surface area (Å²) in [6.07, 6.45) is 1.10. The van der Waals surface area contributed by atoms with E-state index in [1.807, 2.05) is 6.92 Å². The van der Waals surface area contributed by atoms with Crippen molar-refractivity contribution in [1.82, 2.24) is 4.98 Å². The zero-order valence-corrected chi connectivity index (χ0v) is 11.6. The summed E-state index contributed by atoms with van der Waals surface area (Å²) in [5.41, 5.74) is 3.36. The summed E-state index contributed by atoms with van der Waals surface area (Å²) in [4.78, 5) is 14.7. The summed E-state index contributed by atoms with van der Waals surface area (Å²) in [5.74, 6) is -0.338. The van der Waals surface area contributed by atoms with Crippen molar-refractivity contribution in [3.63, 3.8) is 0 Å². The third-order valence-corrected chi connectivity index (χ3v) is 3.13. The first-order valence-electron chi connectivity index (χ1n) is 5.46. The molecule has 0 spiro atoms. The van der Waals surface area contributed by atoms with E-state index in [0.29, 0.717) is 30.5 Å². The number of aromatic amines is 1. The minimum Gasteiger partial charge on any atom is -0.461 e. The predicted molar refractivity (Wildman–Crippen MR) is 68.1 cm³/mol. The number of hydrogen-bond acceptors (Lipinski definition) is 3. The molecule has 0 aliphatic rings. The van der Waals surface area contributed by atoms with Crippen LogP contribution in [0.15, 0.2) is 0 Å². The number of H-pyrrole nitrogens is 1. The molecule has 0 saturated heterocycles. The van der Waals surface area contributed by atoms with E-state index in [-0.39, 0.29) is 5.97 Å². The topological polar surface area (TPSA) is 65.9 Å². The van der Waals surface area contributed by atoms with Crippen LogP contribution >= 0.6 is 15.9 Å². The number of nitriles is 1. The van der Waals surface area contributed by atoms with E-state index >= 15 is 0 Å². The third kappa shape index (κ3) is 3.10. The number of nitrogens with zero attached hydrogens (tertiary/aromatic N) is 1. The molecule has 1 rings (SSSR count). The van der Waals surface area contributed by atoms with Crippen LogP contribution in [0.2, 0.25) is 0 Å². The number of esters is 1. The van der Waals surface area contributed by atoms with Crippen molar-refractivity contribution in [2.24, 2.45) is 0 Å². The second kappa shape index (κ2) is 6.45. The quantitative estimate of drug-likeness (QED) is 0.671. The molecule has 0 fully saturated rings. The lowest BCUT2D eigenvalue weighted by atomic mass is 10.1. The zero-order chi connectivity index (χ0) is 12.8. The summed E-state index contributed by atoms with van der Waals surface area (Å²) in [5, 5.41) is 9.25. The Bertz CT molecular complexity index is 446. The average Bonchev–Trinajstić information content (AvgIpc) is 2.64. The van der Waals surface area contributed by atoms with Crippen LogP contribution in [0, 0.1) is 18.3 Å². The molecule has 0 unspecified atom stereocenters. The molecular formula is C12H15BrN2O2. The molecule has 0 aliphatic heterocycles. The number of hydrogen-bond donors (Lipinski definition) is 1. The number of nitrogens with one attached hydrogen (secondary N) is 1. The molecule has 1 heterocycles. The Balaban J connectivity index is 3.05. The first-order chi connectivity index (χ1) is 8.15. The average molecular weight is 299 g/mol. The van der Waals surface area contributed by atoms with Crippen molar-refractivity contribution >= 4 is 21.9 Å². The van der Waals surface area contributed by atoms with Crippen LogP contribution in [-0.4, -0.2) is 17.6 Å². The van der Waals surface area contributed by atoms with E-state index in [1.165, 1.54) is 0 Å². The second-order valence-corrected chi connectivity index (χ2v) is 4.16. The molecule has 0 aromatic carbocycles. The fourth-order valence-electron chi connectivity index (χ4n) is 1.74. The van der Waals surface area contributed by atoms with Crippen LogP contribution in [0.25, 0.3) is 0 Å². The minimum absolute atomic E-state index is 0.338. The molecule has 0 aliphatic carbocycles. The van der Waals surface area contributed by atoms with Crippen LogP contribution in [0.1, 0.15) is 40.7 Å². The van der Waals surface area contributed by atoms with Crippen LogP contribution in [-0.2, 0) is 16.5 Å². The van der Waals surface area contributed by atoms with Crippen molar-refractivity contribution < 1.29 is 9.53 Å². The van der Waals surface area contributed by atoms with Gasteiger partial charge in [-0.05, 0) is 31.4 Å². The van der Waals surface area contributed by atoms with Crippen LogP contribution in [0.4, 0.5) is 0 Å². The standard InChI is InChI=1S/C12H15BrN2O2/c1-3-17-12(16)11-8(2)9(5-4-6-14)10(7-13)15-11/h15H,3-5,7H2,1-2H3. The summed E-state index contributed by atoms with van der Waals surface area (Å²) < 4.78 is 4.98. The fraction of sp³-hybridized carbons (Fsp3) is 0.500. The smallest absolute Gasteiger partial charge is 0.355 e. The molecule has 92 valence electrons. The molecule has 1 aromatic heterocycles. The molecule has 4 nitrogen and oxygen atoms in total. The lowest BCUT2D eigenvalue weighted by molar-refractivity contribution is 0.0519. The van der Waals surface area contributed by atoms with Crippen LogP contribution in [0.5, 0.6) is 0 Å². The molecule has 1 aromatic rings. The fourth-order valence-corrected chi connectivity index (χ4v) is 2.22. The molecule has 17 heavy (non-hydrogen) atoms. The van der Waals surface area contributed by atoms with E-state index in [9.17, 15) is 4.79 Å². The summed E-state index contributed by atoms with van der Waals surface area (Å²) in [7, 11) is 0. The van der Waals surface area contributed by atoms with Crippen LogP contribution in [0.3, 0.4) is 0 Å². The van der Waals surface area contributed by atoms with Crippen molar-refractivity contribution in [1.29, 1.82) is 5.26 Å². The van der Waals surface area contributed by atoms with E-state index < -0.39 is 0 Å². The Hall–Kier alpha value is -1.28. The molecule has 0 bridgehead atoms. The predicted octanol–water partition coefficient (Wildman–Crippen LogP) is 2.85. The number of carbonyl (C=O) groups excluding carboxylic acids is 1. The van der Waals surface area contributed by atoms with Gasteiger partial charge in [0.1, 0.15) is 5.69 Å². The van der Waals surface area contributed by atoms with Crippen molar-refractivity contribution in [3.8, 4) is 6.07 Å². The first-order valence-corrected chi connectivity index (χ1v) is 6.58. The summed E-state index contributed by atoms with van der Waals surface area (Å²) in [6, 6.07) is 2.11. The Morgan fingerprint density at radius 2 is 2.29 bits per heavy atom. The van der Waals surface area contributed by atoms with Gasteiger partial charge in [0.15, 0.2) is 0 Å². The molecule has 0 radical (unpaired) electrons. The maximum atomic E-state index is 11.7. The largest absolute Gasteiger partial charge is 0.461 e. The second-order valence-electron chi connectivity index (χ2n) is 3.59. The van der Waals surface area contributed by atoms with E-state index in [4.69, 9.17) is 10.00 Å². The number of alkyl halides is 1. The van der Waals surface area contributed by atoms with E-state index in [2.05, 4.69) is 27.0 Å². The number of rotatable bonds is 5. The van der Waals surface area contributed by atoms with Gasteiger partial charge in [0.05, 0.1) is 12.7 Å². The maximum absolute atomic E-state index is 11.7. The van der Waals surface area contributed by atoms with Gasteiger partial charge < -0.3 is 9.72 Å². The number of halogens is 1. The number of ether oxygens (including phenoxy) is 1. The van der Waals surface area contributed by atoms with Gasteiger partial charge in [-0.2, -0.15) is 5.26 Å². The van der Waals surface area contributed by atoms with Crippen molar-refractivity contribution in [2.45, 2.75) is 32.0 Å². The highest BCUT2D eigenvalue weighted by Crippen LogP contribution is 2.22. The van der Waals surface area contributed by atoms with Gasteiger partial charge in [-0.25, -0.2) is 4.79 Å². The van der Waals surface area contributed by atoms with Gasteiger partial charge in [0.25, 0.3) is 0 Å². The van der Waals surface area contributed by atoms with Gasteiger partial charge >= 0.3 is 5.97 Å². The Morgan fingerprint density at radius 3 is 2.82 bits per heavy atom. The lowest BCUT2D eigenvalue weighted by Crippen LogP contribution is -2.06. The Morgan fingerprint density at radius 1 is 1.59 bits per heavy atom. The van der Waals surface area contributed by atoms with Crippen molar-refractivity contribution in [3.05, 3.63) is 22.5 Å². The maximum Gasteiger partial charge on any atom is 0.355 e. The SMILES string of the molecule is CCOC(=O)c1[nH]c(CBr)c(CCC#N)c1C. The highest BCUT2D eigenvalue weighted by atomic mass is 79.9. The number of aromatic nitrogens is 1. The summed E-state index contributed by atoms with van der Waals surface area (Å²) in [6.45, 7) is 4.01. The monoisotopic (exact) mass is 298 g/mol. The number of carbonyl (C=O) groups is 1. The Kier molecular flexibility index (Phi) is 5.23. The molecular weight excluding hydrogens is 284 g/mol. The lowest BCUT2D eigenvalue weighted by Gasteiger charge is -2.01. The highest BCUT2D eigenvalue weighted by molar-refractivity contribution is 9.08. The summed E-state index contributed by atoms with van der Waals surface area (Å²) >= 11 is 3.37. The third-order valence-electron chi connectivity index (χ3n) is 2.57. The molecule has 1 N–H and O–H groups in total. The van der Waals surface area contributed by atoms with Crippen LogP contribution < -0.4 is 0 Å². The minimum atomic E-state index is -0.338. The zero-order valence-electron chi connectivity index (χ0n) is 9.97. The first kappa shape index (κ1) is 13.8. The van der Waals surface area contributed by atoms with Gasteiger partial charge in [-0.1, -0.05) is 15.9 Å². The Labute approximate surface area is 109 Å². The highest BCUT2D eigenvalue weighted by Gasteiger charge is 2.19. The van der Waals surface area contributed by atoms with Gasteiger partial charge in [0.2, 0.25) is 0 Å². The van der Waals surface area contributed by atoms with E-state index in [0.717, 1.165) is 16.8 Å². The van der Waals surface area contributed by atoms with Crippen molar-refractivity contribution in [2.75, 3.05) is 6.61 Å². The van der Waals surface area contributed by atoms with E-state index in [1.54, 1.807) is 6.92 Å². The van der Waals surface area contributed by atoms with Gasteiger partial charge in [0, 0.05) is 17.4 Å². The molecule has 5 heteroatoms. The normalized spacial score (nSPS) is 10.0. The molecule has 0 atom stereocenters. The van der Waals surface area contributed by atoms with Gasteiger partial charge in [-0.15, -0.1) is 0 Å². The molecule has 0 amide bonds. The van der Waals surface area contributed by atoms with Gasteiger partial charge in [-0.3, -0.25) is 0 Å².